The van der Waals surface area contributed by atoms with Gasteiger partial charge in [0.15, 0.2) is 0 Å². The van der Waals surface area contributed by atoms with Gasteiger partial charge in [0.05, 0.1) is 17.4 Å². The van der Waals surface area contributed by atoms with E-state index in [1.54, 1.807) is 0 Å². The molecule has 0 spiro atoms. The Kier molecular flexibility index (Phi) is 3.15. The number of para-hydroxylation sites is 1. The van der Waals surface area contributed by atoms with Crippen LogP contribution in [0.3, 0.4) is 0 Å². The Morgan fingerprint density at radius 2 is 1.89 bits per heavy atom. The van der Waals surface area contributed by atoms with Crippen molar-refractivity contribution in [3.63, 3.8) is 0 Å². The number of hydrogen-bond donors (Lipinski definition) is 1. The molecular weight excluding hydrogens is 232 g/mol. The summed E-state index contributed by atoms with van der Waals surface area (Å²) in [5, 5.41) is 4.58. The van der Waals surface area contributed by atoms with Crippen LogP contribution < -0.4 is 5.32 Å². The van der Waals surface area contributed by atoms with Crippen LogP contribution in [0.4, 0.5) is 5.69 Å². The van der Waals surface area contributed by atoms with Crippen molar-refractivity contribution in [1.29, 1.82) is 0 Å². The number of pyridine rings is 1. The molecule has 0 fully saturated rings. The van der Waals surface area contributed by atoms with E-state index in [-0.39, 0.29) is 0 Å². The molecule has 0 amide bonds. The molecule has 1 N–H and O–H groups in total. The van der Waals surface area contributed by atoms with Crippen molar-refractivity contribution < 1.29 is 0 Å². The maximum Gasteiger partial charge on any atom is 0.0703 e. The quantitative estimate of drug-likeness (QED) is 0.753. The molecule has 0 bridgehead atoms. The molecule has 19 heavy (non-hydrogen) atoms. The summed E-state index contributed by atoms with van der Waals surface area (Å²) in [5.41, 5.74) is 4.66. The molecule has 3 aromatic rings. The van der Waals surface area contributed by atoms with Crippen molar-refractivity contribution in [3.05, 3.63) is 71.9 Å². The first-order valence-electron chi connectivity index (χ1n) is 6.45. The largest absolute Gasteiger partial charge is 0.380 e. The highest BCUT2D eigenvalue weighted by atomic mass is 14.9. The molecule has 1 heterocycles. The third kappa shape index (κ3) is 2.74. The van der Waals surface area contributed by atoms with Gasteiger partial charge in [-0.1, -0.05) is 48.0 Å². The summed E-state index contributed by atoms with van der Waals surface area (Å²) in [6.07, 6.45) is 1.89. The average Bonchev–Trinajstić information content (AvgIpc) is 2.45. The molecule has 0 unspecified atom stereocenters. The number of aryl methyl sites for hydroxylation is 1. The van der Waals surface area contributed by atoms with Gasteiger partial charge in [0.25, 0.3) is 0 Å². The van der Waals surface area contributed by atoms with Crippen LogP contribution in [0.1, 0.15) is 11.1 Å². The van der Waals surface area contributed by atoms with Crippen LogP contribution in [-0.2, 0) is 6.54 Å². The molecular formula is C17H16N2. The lowest BCUT2D eigenvalue weighted by Gasteiger charge is -2.08. The van der Waals surface area contributed by atoms with E-state index in [9.17, 15) is 0 Å². The van der Waals surface area contributed by atoms with E-state index in [2.05, 4.69) is 53.6 Å². The van der Waals surface area contributed by atoms with Crippen LogP contribution in [-0.4, -0.2) is 4.98 Å². The van der Waals surface area contributed by atoms with Crippen LogP contribution in [0.25, 0.3) is 10.9 Å². The number of aromatic nitrogens is 1. The third-order valence-corrected chi connectivity index (χ3v) is 3.17. The zero-order valence-electron chi connectivity index (χ0n) is 10.9. The lowest BCUT2D eigenvalue weighted by molar-refractivity contribution is 1.14. The van der Waals surface area contributed by atoms with E-state index < -0.39 is 0 Å². The van der Waals surface area contributed by atoms with Crippen LogP contribution in [0.15, 0.2) is 60.8 Å². The van der Waals surface area contributed by atoms with E-state index in [4.69, 9.17) is 0 Å². The highest BCUT2D eigenvalue weighted by molar-refractivity contribution is 5.81. The van der Waals surface area contributed by atoms with Gasteiger partial charge in [0, 0.05) is 11.9 Å². The maximum absolute atomic E-state index is 4.45. The lowest BCUT2D eigenvalue weighted by Crippen LogP contribution is -2.00. The standard InChI is InChI=1S/C17H16N2/c1-13-5-4-6-14(9-13)11-18-16-10-15-7-2-3-8-17(15)19-12-16/h2-10,12,18H,11H2,1H3. The maximum atomic E-state index is 4.45. The molecule has 0 aliphatic carbocycles. The molecule has 0 atom stereocenters. The van der Waals surface area contributed by atoms with Gasteiger partial charge in [-0.25, -0.2) is 0 Å². The summed E-state index contributed by atoms with van der Waals surface area (Å²) in [7, 11) is 0. The smallest absolute Gasteiger partial charge is 0.0703 e. The van der Waals surface area contributed by atoms with E-state index >= 15 is 0 Å². The molecule has 3 rings (SSSR count). The van der Waals surface area contributed by atoms with Crippen LogP contribution >= 0.6 is 0 Å². The molecule has 1 aromatic heterocycles. The van der Waals surface area contributed by atoms with E-state index in [0.717, 1.165) is 23.1 Å². The van der Waals surface area contributed by atoms with Gasteiger partial charge in [-0.3, -0.25) is 4.98 Å². The molecule has 0 saturated carbocycles. The normalized spacial score (nSPS) is 10.6. The minimum Gasteiger partial charge on any atom is -0.380 e. The van der Waals surface area contributed by atoms with Crippen molar-refractivity contribution in [2.75, 3.05) is 5.32 Å². The van der Waals surface area contributed by atoms with Gasteiger partial charge in [-0.05, 0) is 24.6 Å². The summed E-state index contributed by atoms with van der Waals surface area (Å²) in [6, 6.07) is 18.8. The summed E-state index contributed by atoms with van der Waals surface area (Å²) >= 11 is 0. The Morgan fingerprint density at radius 1 is 1.00 bits per heavy atom. The number of benzene rings is 2. The van der Waals surface area contributed by atoms with Crippen LogP contribution in [0, 0.1) is 6.92 Å². The van der Waals surface area contributed by atoms with Crippen molar-refractivity contribution in [2.24, 2.45) is 0 Å². The second-order valence-electron chi connectivity index (χ2n) is 4.76. The Bertz CT molecular complexity index is 704. The lowest BCUT2D eigenvalue weighted by atomic mass is 10.1. The predicted octanol–water partition coefficient (Wildman–Crippen LogP) is 4.16. The van der Waals surface area contributed by atoms with Gasteiger partial charge < -0.3 is 5.32 Å². The fraction of sp³-hybridized carbons (Fsp3) is 0.118. The topological polar surface area (TPSA) is 24.9 Å². The summed E-state index contributed by atoms with van der Waals surface area (Å²) in [6.45, 7) is 2.93. The zero-order chi connectivity index (χ0) is 13.1. The van der Waals surface area contributed by atoms with Gasteiger partial charge in [0.1, 0.15) is 0 Å². The number of hydrogen-bond acceptors (Lipinski definition) is 2. The third-order valence-electron chi connectivity index (χ3n) is 3.17. The Balaban J connectivity index is 1.78. The SMILES string of the molecule is Cc1cccc(CNc2cnc3ccccc3c2)c1. The second kappa shape index (κ2) is 5.11. The Labute approximate surface area is 113 Å². The molecule has 0 radical (unpaired) electrons. The van der Waals surface area contributed by atoms with Crippen LogP contribution in [0.5, 0.6) is 0 Å². The summed E-state index contributed by atoms with van der Waals surface area (Å²) < 4.78 is 0. The number of rotatable bonds is 3. The molecule has 0 saturated heterocycles. The van der Waals surface area contributed by atoms with Crippen molar-refractivity contribution in [3.8, 4) is 0 Å². The molecule has 2 heteroatoms. The van der Waals surface area contributed by atoms with Crippen LogP contribution in [0.2, 0.25) is 0 Å². The number of nitrogens with one attached hydrogen (secondary N) is 1. The van der Waals surface area contributed by atoms with E-state index in [1.807, 2.05) is 24.4 Å². The Morgan fingerprint density at radius 3 is 2.79 bits per heavy atom. The van der Waals surface area contributed by atoms with Gasteiger partial charge in [-0.15, -0.1) is 0 Å². The minimum absolute atomic E-state index is 0.821. The fourth-order valence-corrected chi connectivity index (χ4v) is 2.19. The van der Waals surface area contributed by atoms with Crippen molar-refractivity contribution in [1.82, 2.24) is 4.98 Å². The van der Waals surface area contributed by atoms with E-state index in [1.165, 1.54) is 11.1 Å². The highest BCUT2D eigenvalue weighted by Crippen LogP contribution is 2.16. The molecule has 0 aliphatic heterocycles. The monoisotopic (exact) mass is 248 g/mol. The fourth-order valence-electron chi connectivity index (χ4n) is 2.19. The van der Waals surface area contributed by atoms with Gasteiger partial charge >= 0.3 is 0 Å². The second-order valence-corrected chi connectivity index (χ2v) is 4.76. The molecule has 94 valence electrons. The molecule has 2 aromatic carbocycles. The molecule has 2 nitrogen and oxygen atoms in total. The number of anilines is 1. The minimum atomic E-state index is 0.821. The van der Waals surface area contributed by atoms with Gasteiger partial charge in [0.2, 0.25) is 0 Å². The summed E-state index contributed by atoms with van der Waals surface area (Å²) in [5.74, 6) is 0. The first-order valence-corrected chi connectivity index (χ1v) is 6.45. The van der Waals surface area contributed by atoms with Crippen molar-refractivity contribution >= 4 is 16.6 Å². The first-order chi connectivity index (χ1) is 9.31. The van der Waals surface area contributed by atoms with Crippen molar-refractivity contribution in [2.45, 2.75) is 13.5 Å². The predicted molar refractivity (Wildman–Crippen MR) is 80.2 cm³/mol. The van der Waals surface area contributed by atoms with E-state index in [0.29, 0.717) is 0 Å². The molecule has 0 aliphatic rings. The van der Waals surface area contributed by atoms with Gasteiger partial charge in [-0.2, -0.15) is 0 Å². The highest BCUT2D eigenvalue weighted by Gasteiger charge is 1.98. The first kappa shape index (κ1) is 11.7. The number of nitrogens with zero attached hydrogens (tertiary/aromatic N) is 1. The Hall–Kier alpha value is -2.35. The number of fused-ring (bicyclic) bond motifs is 1. The summed E-state index contributed by atoms with van der Waals surface area (Å²) in [4.78, 5) is 4.45. The zero-order valence-corrected chi connectivity index (χ0v) is 10.9. The average molecular weight is 248 g/mol.